The summed E-state index contributed by atoms with van der Waals surface area (Å²) in [6, 6.07) is 0.582. The summed E-state index contributed by atoms with van der Waals surface area (Å²) < 4.78 is 5.13. The lowest BCUT2D eigenvalue weighted by Gasteiger charge is -2.34. The zero-order chi connectivity index (χ0) is 8.10. The first-order valence-electron chi connectivity index (χ1n) is 4.32. The number of piperazine rings is 1. The number of methoxy groups -OCH3 is 1. The number of rotatable bonds is 3. The van der Waals surface area contributed by atoms with Gasteiger partial charge < -0.3 is 10.1 Å². The zero-order valence-corrected chi connectivity index (χ0v) is 7.47. The SMILES string of the molecule is CCN1CCNCC1COC. The molecular formula is C8H18N2O. The summed E-state index contributed by atoms with van der Waals surface area (Å²) in [7, 11) is 1.77. The number of likely N-dealkylation sites (N-methyl/N-ethyl adjacent to an activating group) is 1. The van der Waals surface area contributed by atoms with Gasteiger partial charge in [-0.3, -0.25) is 4.90 Å². The molecule has 3 heteroatoms. The van der Waals surface area contributed by atoms with Crippen molar-refractivity contribution in [2.75, 3.05) is 39.9 Å². The van der Waals surface area contributed by atoms with Gasteiger partial charge in [-0.05, 0) is 6.54 Å². The Kier molecular flexibility index (Phi) is 3.83. The minimum atomic E-state index is 0.582. The molecule has 1 heterocycles. The molecule has 1 aliphatic rings. The van der Waals surface area contributed by atoms with Crippen molar-refractivity contribution in [1.29, 1.82) is 0 Å². The van der Waals surface area contributed by atoms with Crippen LogP contribution in [0, 0.1) is 0 Å². The van der Waals surface area contributed by atoms with E-state index in [1.54, 1.807) is 7.11 Å². The summed E-state index contributed by atoms with van der Waals surface area (Å²) in [4.78, 5) is 2.46. The van der Waals surface area contributed by atoms with Gasteiger partial charge in [0.15, 0.2) is 0 Å². The normalized spacial score (nSPS) is 27.3. The maximum atomic E-state index is 5.13. The number of hydrogen-bond acceptors (Lipinski definition) is 3. The van der Waals surface area contributed by atoms with Gasteiger partial charge >= 0.3 is 0 Å². The average molecular weight is 158 g/mol. The number of nitrogens with one attached hydrogen (secondary N) is 1. The molecule has 1 N–H and O–H groups in total. The van der Waals surface area contributed by atoms with E-state index >= 15 is 0 Å². The first-order chi connectivity index (χ1) is 5.38. The van der Waals surface area contributed by atoms with E-state index in [1.807, 2.05) is 0 Å². The predicted octanol–water partition coefficient (Wildman–Crippen LogP) is -0.0735. The monoisotopic (exact) mass is 158 g/mol. The summed E-state index contributed by atoms with van der Waals surface area (Å²) in [5, 5.41) is 3.36. The quantitative estimate of drug-likeness (QED) is 0.622. The van der Waals surface area contributed by atoms with Crippen molar-refractivity contribution in [2.45, 2.75) is 13.0 Å². The van der Waals surface area contributed by atoms with E-state index < -0.39 is 0 Å². The summed E-state index contributed by atoms with van der Waals surface area (Å²) in [5.41, 5.74) is 0. The van der Waals surface area contributed by atoms with E-state index in [2.05, 4.69) is 17.1 Å². The lowest BCUT2D eigenvalue weighted by atomic mass is 10.2. The summed E-state index contributed by atoms with van der Waals surface area (Å²) in [5.74, 6) is 0. The van der Waals surface area contributed by atoms with Crippen LogP contribution in [0.5, 0.6) is 0 Å². The molecule has 1 aliphatic heterocycles. The highest BCUT2D eigenvalue weighted by Crippen LogP contribution is 2.01. The number of hydrogen-bond donors (Lipinski definition) is 1. The van der Waals surface area contributed by atoms with Gasteiger partial charge in [0, 0.05) is 32.8 Å². The van der Waals surface area contributed by atoms with Crippen LogP contribution in [0.3, 0.4) is 0 Å². The molecule has 0 amide bonds. The average Bonchev–Trinajstić information content (AvgIpc) is 2.06. The Balaban J connectivity index is 2.31. The molecule has 0 saturated carbocycles. The Morgan fingerprint density at radius 3 is 3.09 bits per heavy atom. The van der Waals surface area contributed by atoms with Crippen LogP contribution in [0.4, 0.5) is 0 Å². The lowest BCUT2D eigenvalue weighted by Crippen LogP contribution is -2.52. The van der Waals surface area contributed by atoms with Crippen LogP contribution >= 0.6 is 0 Å². The first-order valence-corrected chi connectivity index (χ1v) is 4.32. The Hall–Kier alpha value is -0.120. The molecule has 1 rings (SSSR count). The Morgan fingerprint density at radius 2 is 2.45 bits per heavy atom. The Labute approximate surface area is 68.7 Å². The second kappa shape index (κ2) is 4.70. The standard InChI is InChI=1S/C8H18N2O/c1-3-10-5-4-9-6-8(10)7-11-2/h8-9H,3-7H2,1-2H3. The van der Waals surface area contributed by atoms with E-state index in [0.29, 0.717) is 6.04 Å². The van der Waals surface area contributed by atoms with Crippen molar-refractivity contribution in [2.24, 2.45) is 0 Å². The fourth-order valence-corrected chi connectivity index (χ4v) is 1.58. The third-order valence-electron chi connectivity index (χ3n) is 2.24. The third-order valence-corrected chi connectivity index (χ3v) is 2.24. The molecule has 0 aromatic carbocycles. The highest BCUT2D eigenvalue weighted by atomic mass is 16.5. The fraction of sp³-hybridized carbons (Fsp3) is 1.00. The van der Waals surface area contributed by atoms with Crippen LogP contribution in [0.15, 0.2) is 0 Å². The molecule has 0 radical (unpaired) electrons. The fourth-order valence-electron chi connectivity index (χ4n) is 1.58. The van der Waals surface area contributed by atoms with Gasteiger partial charge in [0.05, 0.1) is 6.61 Å². The minimum Gasteiger partial charge on any atom is -0.383 e. The van der Waals surface area contributed by atoms with Gasteiger partial charge in [0.25, 0.3) is 0 Å². The van der Waals surface area contributed by atoms with Crippen LogP contribution in [0.2, 0.25) is 0 Å². The van der Waals surface area contributed by atoms with Gasteiger partial charge in [-0.15, -0.1) is 0 Å². The molecule has 0 bridgehead atoms. The number of nitrogens with zero attached hydrogens (tertiary/aromatic N) is 1. The molecule has 1 atom stereocenters. The van der Waals surface area contributed by atoms with Crippen LogP contribution < -0.4 is 5.32 Å². The second-order valence-corrected chi connectivity index (χ2v) is 2.94. The lowest BCUT2D eigenvalue weighted by molar-refractivity contribution is 0.0773. The summed E-state index contributed by atoms with van der Waals surface area (Å²) in [6.45, 7) is 7.53. The predicted molar refractivity (Wildman–Crippen MR) is 45.8 cm³/mol. The summed E-state index contributed by atoms with van der Waals surface area (Å²) in [6.07, 6.45) is 0. The maximum absolute atomic E-state index is 5.13. The van der Waals surface area contributed by atoms with E-state index in [-0.39, 0.29) is 0 Å². The minimum absolute atomic E-state index is 0.582. The molecule has 1 saturated heterocycles. The largest absolute Gasteiger partial charge is 0.383 e. The molecule has 11 heavy (non-hydrogen) atoms. The molecule has 0 aliphatic carbocycles. The maximum Gasteiger partial charge on any atom is 0.0630 e. The van der Waals surface area contributed by atoms with Gasteiger partial charge in [-0.1, -0.05) is 6.92 Å². The second-order valence-electron chi connectivity index (χ2n) is 2.94. The van der Waals surface area contributed by atoms with Crippen molar-refractivity contribution in [3.63, 3.8) is 0 Å². The van der Waals surface area contributed by atoms with Crippen molar-refractivity contribution in [3.05, 3.63) is 0 Å². The van der Waals surface area contributed by atoms with Gasteiger partial charge in [0.2, 0.25) is 0 Å². The van der Waals surface area contributed by atoms with E-state index in [1.165, 1.54) is 0 Å². The van der Waals surface area contributed by atoms with E-state index in [0.717, 1.165) is 32.8 Å². The third kappa shape index (κ3) is 2.43. The molecule has 0 aromatic rings. The topological polar surface area (TPSA) is 24.5 Å². The van der Waals surface area contributed by atoms with Crippen LogP contribution in [0.25, 0.3) is 0 Å². The van der Waals surface area contributed by atoms with Crippen LogP contribution in [0.1, 0.15) is 6.92 Å². The zero-order valence-electron chi connectivity index (χ0n) is 7.47. The molecule has 1 unspecified atom stereocenters. The highest BCUT2D eigenvalue weighted by Gasteiger charge is 2.19. The van der Waals surface area contributed by atoms with Gasteiger partial charge in [-0.2, -0.15) is 0 Å². The summed E-state index contributed by atoms with van der Waals surface area (Å²) >= 11 is 0. The van der Waals surface area contributed by atoms with Crippen LogP contribution in [-0.4, -0.2) is 50.8 Å². The van der Waals surface area contributed by atoms with Crippen LogP contribution in [-0.2, 0) is 4.74 Å². The van der Waals surface area contributed by atoms with Gasteiger partial charge in [-0.25, -0.2) is 0 Å². The molecule has 66 valence electrons. The molecule has 1 fully saturated rings. The van der Waals surface area contributed by atoms with Gasteiger partial charge in [0.1, 0.15) is 0 Å². The highest BCUT2D eigenvalue weighted by molar-refractivity contribution is 4.78. The first kappa shape index (κ1) is 8.97. The Morgan fingerprint density at radius 1 is 1.64 bits per heavy atom. The molecule has 0 spiro atoms. The van der Waals surface area contributed by atoms with Crippen molar-refractivity contribution >= 4 is 0 Å². The molecular weight excluding hydrogens is 140 g/mol. The molecule has 3 nitrogen and oxygen atoms in total. The van der Waals surface area contributed by atoms with Crippen molar-refractivity contribution < 1.29 is 4.74 Å². The van der Waals surface area contributed by atoms with Crippen molar-refractivity contribution in [1.82, 2.24) is 10.2 Å². The van der Waals surface area contributed by atoms with Crippen molar-refractivity contribution in [3.8, 4) is 0 Å². The molecule has 0 aromatic heterocycles. The Bertz CT molecular complexity index is 106. The van der Waals surface area contributed by atoms with E-state index in [4.69, 9.17) is 4.74 Å². The smallest absolute Gasteiger partial charge is 0.0630 e. The number of ether oxygens (including phenoxy) is 1. The van der Waals surface area contributed by atoms with E-state index in [9.17, 15) is 0 Å².